The molecule has 0 spiro atoms. The van der Waals surface area contributed by atoms with Gasteiger partial charge in [0.15, 0.2) is 5.13 Å². The van der Waals surface area contributed by atoms with Crippen LogP contribution in [-0.2, 0) is 0 Å². The van der Waals surface area contributed by atoms with Crippen molar-refractivity contribution in [3.8, 4) is 11.6 Å². The summed E-state index contributed by atoms with van der Waals surface area (Å²) in [6, 6.07) is 7.37. The van der Waals surface area contributed by atoms with E-state index in [0.29, 0.717) is 16.8 Å². The lowest BCUT2D eigenvalue weighted by Gasteiger charge is -2.04. The summed E-state index contributed by atoms with van der Waals surface area (Å²) in [6.07, 6.45) is 0. The van der Waals surface area contributed by atoms with Crippen LogP contribution in [0.3, 0.4) is 0 Å². The molecule has 0 fully saturated rings. The summed E-state index contributed by atoms with van der Waals surface area (Å²) in [5.74, 6) is 1.86. The topological polar surface area (TPSA) is 95.2 Å². The van der Waals surface area contributed by atoms with Gasteiger partial charge >= 0.3 is 0 Å². The smallest absolute Gasteiger partial charge is 0.225 e. The summed E-state index contributed by atoms with van der Waals surface area (Å²) in [6.45, 7) is 0. The van der Waals surface area contributed by atoms with E-state index in [9.17, 15) is 0 Å². The lowest BCUT2D eigenvalue weighted by atomic mass is 10.3. The number of nitrogens with one attached hydrogen (secondary N) is 1. The second-order valence-corrected chi connectivity index (χ2v) is 5.16. The number of ether oxygens (including phenoxy) is 2. The van der Waals surface area contributed by atoms with Gasteiger partial charge in [-0.2, -0.15) is 9.97 Å². The van der Waals surface area contributed by atoms with Gasteiger partial charge < -0.3 is 20.5 Å². The van der Waals surface area contributed by atoms with E-state index in [4.69, 9.17) is 15.2 Å². The van der Waals surface area contributed by atoms with Crippen LogP contribution in [0, 0.1) is 0 Å². The molecule has 1 aromatic carbocycles. The van der Waals surface area contributed by atoms with Crippen molar-refractivity contribution < 1.29 is 9.47 Å². The zero-order chi connectivity index (χ0) is 14.8. The molecule has 8 heteroatoms. The number of methoxy groups -OCH3 is 2. The molecule has 3 rings (SSSR count). The normalized spacial score (nSPS) is 10.6. The third kappa shape index (κ3) is 2.79. The average Bonchev–Trinajstić information content (AvgIpc) is 2.87. The quantitative estimate of drug-likeness (QED) is 0.764. The number of nitrogens with two attached hydrogens (primary N) is 1. The van der Waals surface area contributed by atoms with E-state index in [2.05, 4.69) is 20.3 Å². The Kier molecular flexibility index (Phi) is 3.44. The Morgan fingerprint density at radius 1 is 1.10 bits per heavy atom. The van der Waals surface area contributed by atoms with Gasteiger partial charge in [0.1, 0.15) is 11.6 Å². The first-order valence-corrected chi connectivity index (χ1v) is 6.90. The highest BCUT2D eigenvalue weighted by molar-refractivity contribution is 7.22. The fourth-order valence-electron chi connectivity index (χ4n) is 1.81. The van der Waals surface area contributed by atoms with Crippen molar-refractivity contribution in [2.24, 2.45) is 0 Å². The van der Waals surface area contributed by atoms with E-state index in [0.717, 1.165) is 16.0 Å². The molecule has 0 bridgehead atoms. The number of hydrogen-bond donors (Lipinski definition) is 2. The fraction of sp³-hybridized carbons (Fsp3) is 0.154. The number of nitrogens with zero attached hydrogens (tertiary/aromatic N) is 3. The van der Waals surface area contributed by atoms with Crippen LogP contribution in [0.5, 0.6) is 11.6 Å². The van der Waals surface area contributed by atoms with Gasteiger partial charge in [-0.25, -0.2) is 4.98 Å². The largest absolute Gasteiger partial charge is 0.497 e. The Bertz CT molecular complexity index is 789. The monoisotopic (exact) mass is 303 g/mol. The van der Waals surface area contributed by atoms with Crippen molar-refractivity contribution in [3.05, 3.63) is 24.3 Å². The fourth-order valence-corrected chi connectivity index (χ4v) is 2.71. The summed E-state index contributed by atoms with van der Waals surface area (Å²) in [5.41, 5.74) is 6.51. The van der Waals surface area contributed by atoms with E-state index in [1.807, 2.05) is 18.2 Å². The highest BCUT2D eigenvalue weighted by Gasteiger charge is 2.08. The van der Waals surface area contributed by atoms with Crippen LogP contribution in [0.2, 0.25) is 0 Å². The van der Waals surface area contributed by atoms with Gasteiger partial charge in [0.2, 0.25) is 11.8 Å². The van der Waals surface area contributed by atoms with Crippen molar-refractivity contribution in [2.75, 3.05) is 25.3 Å². The summed E-state index contributed by atoms with van der Waals surface area (Å²) in [4.78, 5) is 12.5. The minimum Gasteiger partial charge on any atom is -0.497 e. The minimum atomic E-state index is 0.139. The number of aromatic nitrogens is 3. The van der Waals surface area contributed by atoms with Crippen molar-refractivity contribution in [3.63, 3.8) is 0 Å². The Labute approximate surface area is 124 Å². The van der Waals surface area contributed by atoms with Crippen LogP contribution in [0.1, 0.15) is 0 Å². The molecule has 7 nitrogen and oxygen atoms in total. The highest BCUT2D eigenvalue weighted by atomic mass is 32.1. The van der Waals surface area contributed by atoms with Crippen LogP contribution >= 0.6 is 11.3 Å². The molecule has 2 aromatic heterocycles. The predicted molar refractivity (Wildman–Crippen MR) is 82.5 cm³/mol. The molecular formula is C13H13N5O2S. The predicted octanol–water partition coefficient (Wildman–Crippen LogP) is 2.43. The number of benzene rings is 1. The van der Waals surface area contributed by atoms with E-state index in [1.54, 1.807) is 13.2 Å². The summed E-state index contributed by atoms with van der Waals surface area (Å²) in [5, 5.41) is 3.81. The van der Waals surface area contributed by atoms with E-state index in [-0.39, 0.29) is 5.95 Å². The molecular weight excluding hydrogens is 290 g/mol. The maximum absolute atomic E-state index is 5.63. The van der Waals surface area contributed by atoms with Gasteiger partial charge in [0, 0.05) is 6.07 Å². The molecule has 21 heavy (non-hydrogen) atoms. The standard InChI is InChI=1S/C13H13N5O2S/c1-19-7-3-4-8-9(5-7)21-13(15-8)17-10-6-11(20-2)18-12(14)16-10/h3-6H,1-2H3,(H3,14,15,16,17,18). The molecule has 0 aliphatic rings. The minimum absolute atomic E-state index is 0.139. The lowest BCUT2D eigenvalue weighted by Crippen LogP contribution is -2.01. The number of anilines is 3. The van der Waals surface area contributed by atoms with Crippen molar-refractivity contribution >= 4 is 38.5 Å². The maximum Gasteiger partial charge on any atom is 0.225 e. The Balaban J connectivity index is 1.92. The molecule has 0 aliphatic carbocycles. The van der Waals surface area contributed by atoms with Gasteiger partial charge in [-0.15, -0.1) is 0 Å². The van der Waals surface area contributed by atoms with Crippen LogP contribution < -0.4 is 20.5 Å². The van der Waals surface area contributed by atoms with Gasteiger partial charge in [-0.1, -0.05) is 11.3 Å². The second kappa shape index (κ2) is 5.41. The Morgan fingerprint density at radius 2 is 1.95 bits per heavy atom. The molecule has 0 amide bonds. The molecule has 3 aromatic rings. The van der Waals surface area contributed by atoms with Crippen molar-refractivity contribution in [1.29, 1.82) is 0 Å². The van der Waals surface area contributed by atoms with Crippen molar-refractivity contribution in [1.82, 2.24) is 15.0 Å². The number of hydrogen-bond acceptors (Lipinski definition) is 8. The van der Waals surface area contributed by atoms with Gasteiger partial charge in [0.25, 0.3) is 0 Å². The first-order valence-electron chi connectivity index (χ1n) is 6.08. The molecule has 0 saturated heterocycles. The SMILES string of the molecule is COc1ccc2nc(Nc3cc(OC)nc(N)n3)sc2c1. The maximum atomic E-state index is 5.63. The number of nitrogen functional groups attached to an aromatic ring is 1. The highest BCUT2D eigenvalue weighted by Crippen LogP contribution is 2.31. The van der Waals surface area contributed by atoms with Crippen LogP contribution in [-0.4, -0.2) is 29.2 Å². The number of rotatable bonds is 4. The lowest BCUT2D eigenvalue weighted by molar-refractivity contribution is 0.398. The zero-order valence-corrected chi connectivity index (χ0v) is 12.3. The van der Waals surface area contributed by atoms with Crippen LogP contribution in [0.4, 0.5) is 16.9 Å². The summed E-state index contributed by atoms with van der Waals surface area (Å²) in [7, 11) is 3.16. The molecule has 3 N–H and O–H groups in total. The summed E-state index contributed by atoms with van der Waals surface area (Å²) >= 11 is 1.50. The first kappa shape index (κ1) is 13.4. The molecule has 0 saturated carbocycles. The van der Waals surface area contributed by atoms with Crippen molar-refractivity contribution in [2.45, 2.75) is 0 Å². The molecule has 0 unspecified atom stereocenters. The van der Waals surface area contributed by atoms with Gasteiger partial charge in [0.05, 0.1) is 24.4 Å². The second-order valence-electron chi connectivity index (χ2n) is 4.13. The zero-order valence-electron chi connectivity index (χ0n) is 11.5. The van der Waals surface area contributed by atoms with E-state index in [1.165, 1.54) is 18.4 Å². The molecule has 0 atom stereocenters. The van der Waals surface area contributed by atoms with Crippen LogP contribution in [0.25, 0.3) is 10.2 Å². The molecule has 2 heterocycles. The van der Waals surface area contributed by atoms with Gasteiger partial charge in [-0.05, 0) is 18.2 Å². The molecule has 108 valence electrons. The Hall–Kier alpha value is -2.61. The van der Waals surface area contributed by atoms with E-state index < -0.39 is 0 Å². The van der Waals surface area contributed by atoms with Gasteiger partial charge in [-0.3, -0.25) is 0 Å². The summed E-state index contributed by atoms with van der Waals surface area (Å²) < 4.78 is 11.3. The number of thiazole rings is 1. The average molecular weight is 303 g/mol. The first-order chi connectivity index (χ1) is 10.2. The third-order valence-electron chi connectivity index (χ3n) is 2.76. The number of fused-ring (bicyclic) bond motifs is 1. The third-order valence-corrected chi connectivity index (χ3v) is 3.69. The van der Waals surface area contributed by atoms with Crippen LogP contribution in [0.15, 0.2) is 24.3 Å². The van der Waals surface area contributed by atoms with E-state index >= 15 is 0 Å². The molecule has 0 aliphatic heterocycles. The Morgan fingerprint density at radius 3 is 2.71 bits per heavy atom. The molecule has 0 radical (unpaired) electrons.